The third-order valence-corrected chi connectivity index (χ3v) is 6.30. The highest BCUT2D eigenvalue weighted by Gasteiger charge is 2.21. The van der Waals surface area contributed by atoms with Gasteiger partial charge in [0.25, 0.3) is 0 Å². The van der Waals surface area contributed by atoms with Gasteiger partial charge in [-0.05, 0) is 29.8 Å². The molecular weight excluding hydrogens is 390 g/mol. The molecule has 0 amide bonds. The van der Waals surface area contributed by atoms with Crippen molar-refractivity contribution in [2.24, 2.45) is 4.99 Å². The fourth-order valence-corrected chi connectivity index (χ4v) is 4.93. The lowest BCUT2D eigenvalue weighted by Gasteiger charge is -2.05. The number of thiophene rings is 1. The Balaban J connectivity index is 1.79. The molecule has 1 nitrogen and oxygen atoms in total. The van der Waals surface area contributed by atoms with Crippen LogP contribution in [0.5, 0.6) is 0 Å². The molecule has 0 spiro atoms. The topological polar surface area (TPSA) is 12.4 Å². The Kier molecular flexibility index (Phi) is 3.58. The molecule has 0 atom stereocenters. The second-order valence-corrected chi connectivity index (χ2v) is 8.21. The van der Waals surface area contributed by atoms with Crippen LogP contribution in [0.2, 0.25) is 0 Å². The van der Waals surface area contributed by atoms with E-state index in [1.165, 1.54) is 31.7 Å². The van der Waals surface area contributed by atoms with Gasteiger partial charge >= 0.3 is 0 Å². The molecule has 0 fully saturated rings. The van der Waals surface area contributed by atoms with Crippen LogP contribution in [-0.4, -0.2) is 5.71 Å². The summed E-state index contributed by atoms with van der Waals surface area (Å²) in [6.07, 6.45) is 0.866. The Hall–Kier alpha value is -2.23. The van der Waals surface area contributed by atoms with E-state index in [1.807, 2.05) is 11.3 Å². The highest BCUT2D eigenvalue weighted by atomic mass is 79.9. The first-order valence-corrected chi connectivity index (χ1v) is 9.84. The maximum absolute atomic E-state index is 5.04. The van der Waals surface area contributed by atoms with Gasteiger partial charge in [0, 0.05) is 37.0 Å². The number of para-hydroxylation sites is 1. The van der Waals surface area contributed by atoms with Crippen LogP contribution in [0.25, 0.3) is 21.2 Å². The third kappa shape index (κ3) is 2.55. The van der Waals surface area contributed by atoms with E-state index in [9.17, 15) is 0 Å². The maximum atomic E-state index is 5.04. The van der Waals surface area contributed by atoms with Crippen LogP contribution in [0.4, 0.5) is 5.69 Å². The molecule has 0 aliphatic carbocycles. The van der Waals surface area contributed by atoms with E-state index in [-0.39, 0.29) is 0 Å². The first-order valence-electron chi connectivity index (χ1n) is 8.23. The summed E-state index contributed by atoms with van der Waals surface area (Å²) in [5.41, 5.74) is 5.96. The van der Waals surface area contributed by atoms with E-state index in [0.29, 0.717) is 0 Å². The normalized spacial score (nSPS) is 13.1. The Labute approximate surface area is 158 Å². The van der Waals surface area contributed by atoms with Gasteiger partial charge in [-0.25, -0.2) is 0 Å². The van der Waals surface area contributed by atoms with Crippen LogP contribution >= 0.6 is 27.3 Å². The van der Waals surface area contributed by atoms with Gasteiger partial charge in [-0.15, -0.1) is 11.3 Å². The Morgan fingerprint density at radius 1 is 0.840 bits per heavy atom. The molecule has 0 N–H and O–H groups in total. The quantitative estimate of drug-likeness (QED) is 0.324. The van der Waals surface area contributed by atoms with Crippen LogP contribution in [0, 0.1) is 0 Å². The van der Waals surface area contributed by atoms with Gasteiger partial charge in [0.1, 0.15) is 0 Å². The zero-order chi connectivity index (χ0) is 16.8. The summed E-state index contributed by atoms with van der Waals surface area (Å²) in [5.74, 6) is 0. The Morgan fingerprint density at radius 2 is 1.60 bits per heavy atom. The standard InChI is InChI=1S/C22H14BrNS/c23-15-11-9-14(10-12-15)19-13-21-22(16-5-1-3-7-18(16)24-19)17-6-2-4-8-20(17)25-21/h1-12H,13H2. The molecule has 3 heteroatoms. The third-order valence-electron chi connectivity index (χ3n) is 4.60. The summed E-state index contributed by atoms with van der Waals surface area (Å²) in [7, 11) is 0. The lowest BCUT2D eigenvalue weighted by Crippen LogP contribution is -2.03. The highest BCUT2D eigenvalue weighted by Crippen LogP contribution is 2.45. The molecule has 5 rings (SSSR count). The number of fused-ring (bicyclic) bond motifs is 5. The van der Waals surface area contributed by atoms with Crippen LogP contribution < -0.4 is 0 Å². The minimum Gasteiger partial charge on any atom is -0.252 e. The molecule has 0 radical (unpaired) electrons. The fourth-order valence-electron chi connectivity index (χ4n) is 3.44. The Bertz CT molecular complexity index is 1120. The number of hydrogen-bond acceptors (Lipinski definition) is 2. The molecule has 0 saturated heterocycles. The molecule has 0 unspecified atom stereocenters. The van der Waals surface area contributed by atoms with Crippen molar-refractivity contribution in [1.29, 1.82) is 0 Å². The smallest absolute Gasteiger partial charge is 0.0712 e. The molecule has 3 aromatic carbocycles. The van der Waals surface area contributed by atoms with Crippen LogP contribution in [0.15, 0.2) is 82.3 Å². The fraction of sp³-hybridized carbons (Fsp3) is 0.0455. The second kappa shape index (κ2) is 5.94. The maximum Gasteiger partial charge on any atom is 0.0712 e. The lowest BCUT2D eigenvalue weighted by atomic mass is 9.99. The van der Waals surface area contributed by atoms with E-state index >= 15 is 0 Å². The zero-order valence-electron chi connectivity index (χ0n) is 13.4. The monoisotopic (exact) mass is 403 g/mol. The van der Waals surface area contributed by atoms with Gasteiger partial charge in [-0.2, -0.15) is 0 Å². The van der Waals surface area contributed by atoms with E-state index in [0.717, 1.165) is 22.3 Å². The van der Waals surface area contributed by atoms with Crippen molar-refractivity contribution in [1.82, 2.24) is 0 Å². The van der Waals surface area contributed by atoms with Crippen LogP contribution in [-0.2, 0) is 6.42 Å². The summed E-state index contributed by atoms with van der Waals surface area (Å²) < 4.78 is 2.44. The van der Waals surface area contributed by atoms with E-state index in [2.05, 4.69) is 88.7 Å². The van der Waals surface area contributed by atoms with Gasteiger partial charge in [0.05, 0.1) is 11.4 Å². The molecule has 1 aliphatic heterocycles. The van der Waals surface area contributed by atoms with E-state index in [1.54, 1.807) is 0 Å². The first-order chi connectivity index (χ1) is 12.3. The minimum absolute atomic E-state index is 0.866. The summed E-state index contributed by atoms with van der Waals surface area (Å²) in [6, 6.07) is 25.6. The van der Waals surface area contributed by atoms with Crippen molar-refractivity contribution in [3.63, 3.8) is 0 Å². The number of benzene rings is 3. The van der Waals surface area contributed by atoms with Crippen LogP contribution in [0.3, 0.4) is 0 Å². The summed E-state index contributed by atoms with van der Waals surface area (Å²) in [6.45, 7) is 0. The van der Waals surface area contributed by atoms with Crippen molar-refractivity contribution >= 4 is 48.8 Å². The number of nitrogens with zero attached hydrogens (tertiary/aromatic N) is 1. The molecule has 25 heavy (non-hydrogen) atoms. The number of hydrogen-bond donors (Lipinski definition) is 0. The van der Waals surface area contributed by atoms with E-state index < -0.39 is 0 Å². The molecule has 1 aliphatic rings. The molecule has 1 aromatic heterocycles. The average molecular weight is 404 g/mol. The molecule has 0 bridgehead atoms. The predicted octanol–water partition coefficient (Wildman–Crippen LogP) is 7.01. The molecule has 0 saturated carbocycles. The average Bonchev–Trinajstić information content (AvgIpc) is 2.91. The number of rotatable bonds is 1. The molecule has 4 aromatic rings. The molecular formula is C22H14BrNS. The predicted molar refractivity (Wildman–Crippen MR) is 111 cm³/mol. The summed E-state index contributed by atoms with van der Waals surface area (Å²) in [4.78, 5) is 6.44. The van der Waals surface area contributed by atoms with Gasteiger partial charge < -0.3 is 0 Å². The van der Waals surface area contributed by atoms with Gasteiger partial charge in [0.15, 0.2) is 0 Å². The summed E-state index contributed by atoms with van der Waals surface area (Å²) >= 11 is 5.41. The van der Waals surface area contributed by atoms with Crippen LogP contribution in [0.1, 0.15) is 10.4 Å². The van der Waals surface area contributed by atoms with E-state index in [4.69, 9.17) is 4.99 Å². The van der Waals surface area contributed by atoms with Crippen molar-refractivity contribution < 1.29 is 0 Å². The zero-order valence-corrected chi connectivity index (χ0v) is 15.8. The first kappa shape index (κ1) is 15.1. The number of aliphatic imine (C=N–C) groups is 1. The highest BCUT2D eigenvalue weighted by molar-refractivity contribution is 9.10. The van der Waals surface area contributed by atoms with Crippen molar-refractivity contribution in [3.05, 3.63) is 87.7 Å². The second-order valence-electron chi connectivity index (χ2n) is 6.16. The largest absolute Gasteiger partial charge is 0.252 e. The van der Waals surface area contributed by atoms with Gasteiger partial charge in [0.2, 0.25) is 0 Å². The van der Waals surface area contributed by atoms with Gasteiger partial charge in [-0.3, -0.25) is 4.99 Å². The van der Waals surface area contributed by atoms with Crippen molar-refractivity contribution in [2.75, 3.05) is 0 Å². The molecule has 120 valence electrons. The van der Waals surface area contributed by atoms with Crippen molar-refractivity contribution in [3.8, 4) is 11.1 Å². The number of halogens is 1. The van der Waals surface area contributed by atoms with Gasteiger partial charge in [-0.1, -0.05) is 64.5 Å². The summed E-state index contributed by atoms with van der Waals surface area (Å²) in [5, 5.41) is 1.34. The Morgan fingerprint density at radius 3 is 2.48 bits per heavy atom. The minimum atomic E-state index is 0.866. The lowest BCUT2D eigenvalue weighted by molar-refractivity contribution is 1.38. The SMILES string of the molecule is Brc1ccc(C2=Nc3ccccc3-c3c(sc4ccccc34)C2)cc1. The van der Waals surface area contributed by atoms with Crippen molar-refractivity contribution in [2.45, 2.75) is 6.42 Å². The molecule has 2 heterocycles.